The van der Waals surface area contributed by atoms with Gasteiger partial charge in [0.05, 0.1) is 24.2 Å². The third kappa shape index (κ3) is 3.33. The Morgan fingerprint density at radius 3 is 2.60 bits per heavy atom. The van der Waals surface area contributed by atoms with E-state index < -0.39 is 6.04 Å². The Labute approximate surface area is 151 Å². The lowest BCUT2D eigenvalue weighted by molar-refractivity contribution is -0.121. The summed E-state index contributed by atoms with van der Waals surface area (Å²) < 4.78 is 5.11. The summed E-state index contributed by atoms with van der Waals surface area (Å²) in [4.78, 5) is 26.3. The predicted octanol–water partition coefficient (Wildman–Crippen LogP) is 3.71. The number of nitrogens with one attached hydrogen (secondary N) is 1. The molecule has 2 aromatic rings. The zero-order valence-electron chi connectivity index (χ0n) is 14.3. The number of rotatable bonds is 4. The topological polar surface area (TPSA) is 58.6 Å². The second-order valence-corrected chi connectivity index (χ2v) is 6.51. The number of carbonyl (C=O) groups excluding carboxylic acids is 2. The molecule has 1 heterocycles. The average molecular weight is 359 g/mol. The Balaban J connectivity index is 1.85. The third-order valence-electron chi connectivity index (χ3n) is 4.26. The van der Waals surface area contributed by atoms with E-state index in [1.54, 1.807) is 18.2 Å². The standard InChI is InChI=1S/C19H19ClN2O3/c1-11-4-5-12(2)15(8-11)21-16-10-18(23)22(19(16)24)13-6-7-17(25-3)14(20)9-13/h4-9,16,21H,10H2,1-3H3/t16-/m1/s1. The highest BCUT2D eigenvalue weighted by Crippen LogP contribution is 2.32. The van der Waals surface area contributed by atoms with E-state index in [1.807, 2.05) is 32.0 Å². The van der Waals surface area contributed by atoms with Crippen LogP contribution in [-0.4, -0.2) is 25.0 Å². The smallest absolute Gasteiger partial charge is 0.256 e. The number of carbonyl (C=O) groups is 2. The van der Waals surface area contributed by atoms with E-state index in [-0.39, 0.29) is 18.2 Å². The van der Waals surface area contributed by atoms with Gasteiger partial charge in [0.15, 0.2) is 0 Å². The molecule has 3 rings (SSSR count). The summed E-state index contributed by atoms with van der Waals surface area (Å²) in [6.45, 7) is 3.95. The van der Waals surface area contributed by atoms with Crippen LogP contribution in [0.15, 0.2) is 36.4 Å². The van der Waals surface area contributed by atoms with Gasteiger partial charge in [0.25, 0.3) is 5.91 Å². The quantitative estimate of drug-likeness (QED) is 0.846. The summed E-state index contributed by atoms with van der Waals surface area (Å²) >= 11 is 6.12. The van der Waals surface area contributed by atoms with E-state index in [4.69, 9.17) is 16.3 Å². The number of hydrogen-bond acceptors (Lipinski definition) is 4. The summed E-state index contributed by atoms with van der Waals surface area (Å²) in [5.74, 6) is -0.0456. The molecule has 0 aromatic heterocycles. The molecule has 1 aliphatic rings. The normalized spacial score (nSPS) is 17.1. The molecule has 0 bridgehead atoms. The highest BCUT2D eigenvalue weighted by atomic mass is 35.5. The van der Waals surface area contributed by atoms with Gasteiger partial charge in [-0.2, -0.15) is 0 Å². The van der Waals surface area contributed by atoms with Crippen LogP contribution < -0.4 is 15.0 Å². The average Bonchev–Trinajstić information content (AvgIpc) is 2.85. The maximum Gasteiger partial charge on any atom is 0.256 e. The van der Waals surface area contributed by atoms with Crippen LogP contribution in [0.25, 0.3) is 0 Å². The highest BCUT2D eigenvalue weighted by Gasteiger charge is 2.39. The second kappa shape index (κ2) is 6.76. The van der Waals surface area contributed by atoms with E-state index in [1.165, 1.54) is 12.0 Å². The zero-order valence-corrected chi connectivity index (χ0v) is 15.1. The van der Waals surface area contributed by atoms with E-state index in [2.05, 4.69) is 5.32 Å². The van der Waals surface area contributed by atoms with Gasteiger partial charge in [-0.3, -0.25) is 9.59 Å². The van der Waals surface area contributed by atoms with E-state index in [0.29, 0.717) is 16.5 Å². The first-order valence-electron chi connectivity index (χ1n) is 7.95. The fourth-order valence-corrected chi connectivity index (χ4v) is 3.14. The van der Waals surface area contributed by atoms with Crippen LogP contribution in [-0.2, 0) is 9.59 Å². The van der Waals surface area contributed by atoms with Gasteiger partial charge in [-0.25, -0.2) is 4.90 Å². The molecule has 1 fully saturated rings. The minimum atomic E-state index is -0.589. The summed E-state index contributed by atoms with van der Waals surface area (Å²) in [5, 5.41) is 3.55. The van der Waals surface area contributed by atoms with Gasteiger partial charge in [0.1, 0.15) is 11.8 Å². The summed E-state index contributed by atoms with van der Waals surface area (Å²) in [6, 6.07) is 10.2. The molecule has 0 saturated carbocycles. The van der Waals surface area contributed by atoms with E-state index in [9.17, 15) is 9.59 Å². The van der Waals surface area contributed by atoms with Crippen molar-refractivity contribution in [1.29, 1.82) is 0 Å². The number of anilines is 2. The van der Waals surface area contributed by atoms with E-state index >= 15 is 0 Å². The molecule has 0 radical (unpaired) electrons. The minimum Gasteiger partial charge on any atom is -0.495 e. The number of aryl methyl sites for hydroxylation is 2. The lowest BCUT2D eigenvalue weighted by atomic mass is 10.1. The Hall–Kier alpha value is -2.53. The fraction of sp³-hybridized carbons (Fsp3) is 0.263. The number of amides is 2. The fourth-order valence-electron chi connectivity index (χ4n) is 2.89. The molecule has 130 valence electrons. The molecular formula is C19H19ClN2O3. The molecule has 5 nitrogen and oxygen atoms in total. The molecule has 25 heavy (non-hydrogen) atoms. The lowest BCUT2D eigenvalue weighted by Gasteiger charge is -2.18. The van der Waals surface area contributed by atoms with E-state index in [0.717, 1.165) is 16.8 Å². The molecule has 2 amide bonds. The number of methoxy groups -OCH3 is 1. The van der Waals surface area contributed by atoms with Crippen LogP contribution in [0.5, 0.6) is 5.75 Å². The summed E-state index contributed by atoms with van der Waals surface area (Å²) in [6.07, 6.45) is 0.107. The summed E-state index contributed by atoms with van der Waals surface area (Å²) in [5.41, 5.74) is 3.42. The van der Waals surface area contributed by atoms with Gasteiger partial charge in [-0.05, 0) is 49.2 Å². The van der Waals surface area contributed by atoms with Crippen LogP contribution in [0.1, 0.15) is 17.5 Å². The zero-order chi connectivity index (χ0) is 18.1. The van der Waals surface area contributed by atoms with Crippen LogP contribution in [0.4, 0.5) is 11.4 Å². The number of halogens is 1. The van der Waals surface area contributed by atoms with Crippen LogP contribution >= 0.6 is 11.6 Å². The number of nitrogens with zero attached hydrogens (tertiary/aromatic N) is 1. The molecule has 0 aliphatic carbocycles. The molecular weight excluding hydrogens is 340 g/mol. The first-order chi connectivity index (χ1) is 11.9. The van der Waals surface area contributed by atoms with Crippen molar-refractivity contribution in [3.8, 4) is 5.75 Å². The first-order valence-corrected chi connectivity index (χ1v) is 8.32. The van der Waals surface area contributed by atoms with Gasteiger partial charge in [0, 0.05) is 5.69 Å². The second-order valence-electron chi connectivity index (χ2n) is 6.11. The monoisotopic (exact) mass is 358 g/mol. The van der Waals surface area contributed by atoms with Crippen molar-refractivity contribution in [3.05, 3.63) is 52.5 Å². The van der Waals surface area contributed by atoms with Crippen LogP contribution in [0, 0.1) is 13.8 Å². The van der Waals surface area contributed by atoms with Crippen molar-refractivity contribution in [3.63, 3.8) is 0 Å². The number of ether oxygens (including phenoxy) is 1. The van der Waals surface area contributed by atoms with Crippen molar-refractivity contribution >= 4 is 34.8 Å². The molecule has 0 spiro atoms. The molecule has 1 atom stereocenters. The predicted molar refractivity (Wildman–Crippen MR) is 98.4 cm³/mol. The van der Waals surface area contributed by atoms with Gasteiger partial charge >= 0.3 is 0 Å². The minimum absolute atomic E-state index is 0.107. The Morgan fingerprint density at radius 1 is 1.16 bits per heavy atom. The molecule has 1 saturated heterocycles. The number of benzene rings is 2. The Bertz CT molecular complexity index is 851. The van der Waals surface area contributed by atoms with Crippen LogP contribution in [0.3, 0.4) is 0 Å². The number of hydrogen-bond donors (Lipinski definition) is 1. The SMILES string of the molecule is COc1ccc(N2C(=O)C[C@@H](Nc3cc(C)ccc3C)C2=O)cc1Cl. The van der Waals surface area contributed by atoms with Crippen LogP contribution in [0.2, 0.25) is 5.02 Å². The molecule has 2 aromatic carbocycles. The summed E-state index contributed by atoms with van der Waals surface area (Å²) in [7, 11) is 1.51. The van der Waals surface area contributed by atoms with Crippen molar-refractivity contribution in [1.82, 2.24) is 0 Å². The van der Waals surface area contributed by atoms with Crippen molar-refractivity contribution in [2.24, 2.45) is 0 Å². The third-order valence-corrected chi connectivity index (χ3v) is 4.56. The largest absolute Gasteiger partial charge is 0.495 e. The Kier molecular flexibility index (Phi) is 4.68. The first kappa shape index (κ1) is 17.3. The van der Waals surface area contributed by atoms with Crippen molar-refractivity contribution < 1.29 is 14.3 Å². The van der Waals surface area contributed by atoms with Gasteiger partial charge in [-0.15, -0.1) is 0 Å². The van der Waals surface area contributed by atoms with Crippen molar-refractivity contribution in [2.75, 3.05) is 17.3 Å². The number of imide groups is 1. The van der Waals surface area contributed by atoms with Gasteiger partial charge in [0.2, 0.25) is 5.91 Å². The molecule has 1 aliphatic heterocycles. The Morgan fingerprint density at radius 2 is 1.92 bits per heavy atom. The van der Waals surface area contributed by atoms with Gasteiger partial charge in [-0.1, -0.05) is 23.7 Å². The van der Waals surface area contributed by atoms with Gasteiger partial charge < -0.3 is 10.1 Å². The lowest BCUT2D eigenvalue weighted by Crippen LogP contribution is -2.34. The molecule has 1 N–H and O–H groups in total. The highest BCUT2D eigenvalue weighted by molar-refractivity contribution is 6.33. The molecule has 6 heteroatoms. The maximum absolute atomic E-state index is 12.8. The van der Waals surface area contributed by atoms with Crippen molar-refractivity contribution in [2.45, 2.75) is 26.3 Å². The maximum atomic E-state index is 12.8. The molecule has 0 unspecified atom stereocenters.